The summed E-state index contributed by atoms with van der Waals surface area (Å²) in [6.45, 7) is 0.465. The van der Waals surface area contributed by atoms with Crippen molar-refractivity contribution in [3.05, 3.63) is 96.2 Å². The number of fused-ring (bicyclic) bond motifs is 1. The number of nitrogens with zero attached hydrogens (tertiary/aromatic N) is 1. The van der Waals surface area contributed by atoms with Gasteiger partial charge < -0.3 is 15.0 Å². The number of rotatable bonds is 6. The van der Waals surface area contributed by atoms with Gasteiger partial charge in [0, 0.05) is 36.4 Å². The molecule has 6 nitrogen and oxygen atoms in total. The molecule has 0 unspecified atom stereocenters. The number of amides is 2. The number of aromatic amines is 1. The van der Waals surface area contributed by atoms with E-state index >= 15 is 0 Å². The Balaban J connectivity index is 1.40. The lowest BCUT2D eigenvalue weighted by atomic mass is 10.1. The fraction of sp³-hybridized carbons (Fsp3) is 0.120. The molecule has 0 aliphatic carbocycles. The van der Waals surface area contributed by atoms with Crippen LogP contribution in [0.15, 0.2) is 85.1 Å². The third-order valence-electron chi connectivity index (χ3n) is 5.10. The number of para-hydroxylation sites is 3. The smallest absolute Gasteiger partial charge is 0.409 e. The van der Waals surface area contributed by atoms with Crippen molar-refractivity contribution >= 4 is 28.6 Å². The summed E-state index contributed by atoms with van der Waals surface area (Å²) in [4.78, 5) is 29.9. The first-order chi connectivity index (χ1) is 15.1. The van der Waals surface area contributed by atoms with E-state index in [4.69, 9.17) is 4.74 Å². The van der Waals surface area contributed by atoms with E-state index in [1.807, 2.05) is 54.7 Å². The first kappa shape index (κ1) is 20.2. The average Bonchev–Trinajstić information content (AvgIpc) is 3.22. The van der Waals surface area contributed by atoms with Crippen molar-refractivity contribution in [2.24, 2.45) is 0 Å². The van der Waals surface area contributed by atoms with Crippen LogP contribution in [0.2, 0.25) is 0 Å². The molecule has 0 atom stereocenters. The molecule has 0 fully saturated rings. The van der Waals surface area contributed by atoms with Gasteiger partial charge in [0.25, 0.3) is 5.91 Å². The minimum atomic E-state index is -0.565. The summed E-state index contributed by atoms with van der Waals surface area (Å²) in [6.07, 6.45) is 2.09. The van der Waals surface area contributed by atoms with Crippen LogP contribution in [0.1, 0.15) is 15.9 Å². The number of carbonyl (C=O) groups excluding carboxylic acids is 2. The molecule has 2 amide bonds. The number of anilines is 1. The summed E-state index contributed by atoms with van der Waals surface area (Å²) in [7, 11) is 1.63. The summed E-state index contributed by atoms with van der Waals surface area (Å²) in [5, 5.41) is 4.07. The second-order valence-corrected chi connectivity index (χ2v) is 7.12. The van der Waals surface area contributed by atoms with Crippen LogP contribution >= 0.6 is 0 Å². The molecule has 4 rings (SSSR count). The number of hydrogen-bond donors (Lipinski definition) is 2. The van der Waals surface area contributed by atoms with Crippen LogP contribution in [0.3, 0.4) is 0 Å². The standard InChI is InChI=1S/C25H23N3O3/c1-28(19-9-3-2-4-10-19)25(30)31-23-14-8-6-12-21(23)24(29)26-16-15-18-17-27-22-13-7-5-11-20(18)22/h2-14,17,27H,15-16H2,1H3,(H,26,29). The molecular formula is C25H23N3O3. The second-order valence-electron chi connectivity index (χ2n) is 7.12. The maximum atomic E-state index is 12.8. The van der Waals surface area contributed by atoms with E-state index in [1.165, 1.54) is 4.90 Å². The highest BCUT2D eigenvalue weighted by molar-refractivity contribution is 5.98. The Morgan fingerprint density at radius 2 is 1.65 bits per heavy atom. The van der Waals surface area contributed by atoms with Crippen LogP contribution < -0.4 is 15.0 Å². The minimum Gasteiger partial charge on any atom is -0.409 e. The zero-order chi connectivity index (χ0) is 21.6. The largest absolute Gasteiger partial charge is 0.419 e. The summed E-state index contributed by atoms with van der Waals surface area (Å²) in [5.74, 6) is -0.0644. The lowest BCUT2D eigenvalue weighted by Crippen LogP contribution is -2.31. The molecule has 156 valence electrons. The van der Waals surface area contributed by atoms with Crippen molar-refractivity contribution in [1.29, 1.82) is 0 Å². The SMILES string of the molecule is CN(C(=O)Oc1ccccc1C(=O)NCCc1c[nH]c2ccccc12)c1ccccc1. The summed E-state index contributed by atoms with van der Waals surface area (Å²) < 4.78 is 5.51. The molecule has 0 aliphatic rings. The molecule has 4 aromatic rings. The van der Waals surface area contributed by atoms with Gasteiger partial charge in [0.1, 0.15) is 5.75 Å². The summed E-state index contributed by atoms with van der Waals surface area (Å²) >= 11 is 0. The third-order valence-corrected chi connectivity index (χ3v) is 5.10. The number of ether oxygens (including phenoxy) is 1. The van der Waals surface area contributed by atoms with E-state index in [1.54, 1.807) is 31.3 Å². The van der Waals surface area contributed by atoms with Crippen LogP contribution in [-0.4, -0.2) is 30.6 Å². The average molecular weight is 413 g/mol. The molecule has 6 heteroatoms. The molecule has 0 saturated carbocycles. The lowest BCUT2D eigenvalue weighted by Gasteiger charge is -2.18. The maximum Gasteiger partial charge on any atom is 0.419 e. The van der Waals surface area contributed by atoms with E-state index < -0.39 is 6.09 Å². The van der Waals surface area contributed by atoms with Gasteiger partial charge in [-0.25, -0.2) is 4.79 Å². The van der Waals surface area contributed by atoms with Crippen LogP contribution in [0.4, 0.5) is 10.5 Å². The Labute approximate surface area is 180 Å². The van der Waals surface area contributed by atoms with Crippen molar-refractivity contribution < 1.29 is 14.3 Å². The Hall–Kier alpha value is -4.06. The molecule has 3 aromatic carbocycles. The van der Waals surface area contributed by atoms with Gasteiger partial charge in [-0.2, -0.15) is 0 Å². The van der Waals surface area contributed by atoms with Crippen molar-refractivity contribution in [3.8, 4) is 5.75 Å². The van der Waals surface area contributed by atoms with E-state index in [-0.39, 0.29) is 11.7 Å². The topological polar surface area (TPSA) is 74.4 Å². The zero-order valence-electron chi connectivity index (χ0n) is 17.2. The number of aromatic nitrogens is 1. The maximum absolute atomic E-state index is 12.8. The predicted molar refractivity (Wildman–Crippen MR) is 122 cm³/mol. The molecule has 0 saturated heterocycles. The highest BCUT2D eigenvalue weighted by Crippen LogP contribution is 2.21. The van der Waals surface area contributed by atoms with Gasteiger partial charge in [0.15, 0.2) is 0 Å². The minimum absolute atomic E-state index is 0.222. The molecule has 1 aromatic heterocycles. The van der Waals surface area contributed by atoms with E-state index in [0.29, 0.717) is 24.2 Å². The fourth-order valence-corrected chi connectivity index (χ4v) is 3.41. The third kappa shape index (κ3) is 4.59. The fourth-order valence-electron chi connectivity index (χ4n) is 3.41. The number of nitrogens with one attached hydrogen (secondary N) is 2. The van der Waals surface area contributed by atoms with Crippen molar-refractivity contribution in [2.45, 2.75) is 6.42 Å². The quantitative estimate of drug-likeness (QED) is 0.478. The normalized spacial score (nSPS) is 10.6. The van der Waals surface area contributed by atoms with E-state index in [9.17, 15) is 9.59 Å². The first-order valence-electron chi connectivity index (χ1n) is 10.1. The Morgan fingerprint density at radius 3 is 2.48 bits per heavy atom. The second kappa shape index (κ2) is 9.17. The van der Waals surface area contributed by atoms with Gasteiger partial charge in [-0.3, -0.25) is 9.69 Å². The van der Waals surface area contributed by atoms with Gasteiger partial charge in [-0.1, -0.05) is 48.5 Å². The highest BCUT2D eigenvalue weighted by Gasteiger charge is 2.18. The number of H-pyrrole nitrogens is 1. The van der Waals surface area contributed by atoms with Crippen molar-refractivity contribution in [2.75, 3.05) is 18.5 Å². The molecular weight excluding hydrogens is 390 g/mol. The Morgan fingerprint density at radius 1 is 0.935 bits per heavy atom. The van der Waals surface area contributed by atoms with Gasteiger partial charge in [0.2, 0.25) is 0 Å². The van der Waals surface area contributed by atoms with Gasteiger partial charge in [-0.05, 0) is 42.3 Å². The van der Waals surface area contributed by atoms with Gasteiger partial charge in [-0.15, -0.1) is 0 Å². The van der Waals surface area contributed by atoms with Crippen molar-refractivity contribution in [1.82, 2.24) is 10.3 Å². The molecule has 0 radical (unpaired) electrons. The van der Waals surface area contributed by atoms with Gasteiger partial charge in [0.05, 0.1) is 5.56 Å². The molecule has 0 bridgehead atoms. The molecule has 0 aliphatic heterocycles. The lowest BCUT2D eigenvalue weighted by molar-refractivity contribution is 0.0951. The molecule has 1 heterocycles. The zero-order valence-corrected chi connectivity index (χ0v) is 17.2. The van der Waals surface area contributed by atoms with Crippen LogP contribution in [0.5, 0.6) is 5.75 Å². The number of hydrogen-bond acceptors (Lipinski definition) is 3. The Bertz CT molecular complexity index is 1200. The first-order valence-corrected chi connectivity index (χ1v) is 10.1. The Kier molecular flexibility index (Phi) is 5.98. The van der Waals surface area contributed by atoms with Crippen molar-refractivity contribution in [3.63, 3.8) is 0 Å². The molecule has 31 heavy (non-hydrogen) atoms. The predicted octanol–water partition coefficient (Wildman–Crippen LogP) is 4.78. The monoisotopic (exact) mass is 413 g/mol. The molecule has 2 N–H and O–H groups in total. The van der Waals surface area contributed by atoms with Gasteiger partial charge >= 0.3 is 6.09 Å². The highest BCUT2D eigenvalue weighted by atomic mass is 16.6. The number of carbonyl (C=O) groups is 2. The van der Waals surface area contributed by atoms with E-state index in [2.05, 4.69) is 16.4 Å². The summed E-state index contributed by atoms with van der Waals surface area (Å²) in [5.41, 5.74) is 3.23. The number of benzene rings is 3. The van der Waals surface area contributed by atoms with Crippen LogP contribution in [0.25, 0.3) is 10.9 Å². The van der Waals surface area contributed by atoms with Crippen LogP contribution in [0, 0.1) is 0 Å². The molecule has 0 spiro atoms. The summed E-state index contributed by atoms with van der Waals surface area (Å²) in [6, 6.07) is 24.0. The van der Waals surface area contributed by atoms with E-state index in [0.717, 1.165) is 16.5 Å². The van der Waals surface area contributed by atoms with Crippen LogP contribution in [-0.2, 0) is 6.42 Å².